The lowest BCUT2D eigenvalue weighted by Crippen LogP contribution is -2.13. The molecule has 0 saturated carbocycles. The molecule has 0 radical (unpaired) electrons. The van der Waals surface area contributed by atoms with Gasteiger partial charge >= 0.3 is 6.09 Å². The second kappa shape index (κ2) is 9.87. The van der Waals surface area contributed by atoms with Crippen LogP contribution in [0.5, 0.6) is 0 Å². The Balaban J connectivity index is 1.70. The summed E-state index contributed by atoms with van der Waals surface area (Å²) in [6.45, 7) is 3.49. The van der Waals surface area contributed by atoms with Crippen molar-refractivity contribution in [2.24, 2.45) is 17.4 Å². The van der Waals surface area contributed by atoms with E-state index in [2.05, 4.69) is 41.0 Å². The van der Waals surface area contributed by atoms with Gasteiger partial charge in [-0.15, -0.1) is 5.10 Å². The van der Waals surface area contributed by atoms with E-state index in [9.17, 15) is 4.79 Å². The summed E-state index contributed by atoms with van der Waals surface area (Å²) in [5.41, 5.74) is 2.45. The Kier molecular flexibility index (Phi) is 6.77. The van der Waals surface area contributed by atoms with Gasteiger partial charge in [-0.2, -0.15) is 0 Å². The number of amides is 1. The monoisotopic (exact) mass is 408 g/mol. The van der Waals surface area contributed by atoms with Gasteiger partial charge in [-0.05, 0) is 36.4 Å². The molecule has 2 aromatic heterocycles. The molecule has 0 fully saturated rings. The number of benzene rings is 1. The van der Waals surface area contributed by atoms with E-state index in [1.54, 1.807) is 39.1 Å². The highest BCUT2D eigenvalue weighted by atomic mass is 16.7. The molecule has 2 heterocycles. The third kappa shape index (κ3) is 5.67. The van der Waals surface area contributed by atoms with Crippen LogP contribution in [0.1, 0.15) is 30.9 Å². The number of tetrazole rings is 1. The van der Waals surface area contributed by atoms with Gasteiger partial charge in [0.15, 0.2) is 12.3 Å². The van der Waals surface area contributed by atoms with E-state index >= 15 is 0 Å². The van der Waals surface area contributed by atoms with Crippen LogP contribution in [0, 0.1) is 0 Å². The maximum absolute atomic E-state index is 11.7. The first-order valence-electron chi connectivity index (χ1n) is 8.96. The summed E-state index contributed by atoms with van der Waals surface area (Å²) in [4.78, 5) is 26.2. The number of aromatic nitrogens is 5. The van der Waals surface area contributed by atoms with Crippen molar-refractivity contribution in [2.45, 2.75) is 20.5 Å². The molecule has 154 valence electrons. The van der Waals surface area contributed by atoms with Crippen LogP contribution in [-0.4, -0.2) is 42.7 Å². The number of anilines is 1. The minimum Gasteiger partial charge on any atom is -0.389 e. The maximum Gasteiger partial charge on any atom is 0.439 e. The summed E-state index contributed by atoms with van der Waals surface area (Å²) in [5, 5.41) is 21.8. The summed E-state index contributed by atoms with van der Waals surface area (Å²) in [6.07, 6.45) is -0.735. The molecule has 3 rings (SSSR count). The highest BCUT2D eigenvalue weighted by Crippen LogP contribution is 2.10. The summed E-state index contributed by atoms with van der Waals surface area (Å²) in [7, 11) is 1.72. The first-order chi connectivity index (χ1) is 14.5. The molecular formula is C19H20N8O3. The largest absolute Gasteiger partial charge is 0.439 e. The molecule has 30 heavy (non-hydrogen) atoms. The van der Waals surface area contributed by atoms with Gasteiger partial charge in [0, 0.05) is 12.6 Å². The van der Waals surface area contributed by atoms with Crippen molar-refractivity contribution in [3.8, 4) is 0 Å². The predicted octanol–water partition coefficient (Wildman–Crippen LogP) is 2.52. The predicted molar refractivity (Wildman–Crippen MR) is 109 cm³/mol. The number of aryl methyl sites for hydroxylation is 1. The standard InChI is InChI=1S/C19H20N8O3/c1-13(2)23-30-19(28)21-16-11-7-10-15(20-16)12-29-24-17(14-8-5-4-6-9-14)18-22-25-26-27(18)3/h4-11H,12H2,1-3H3,(H,20,21,28)/b24-17-. The fraction of sp³-hybridized carbons (Fsp3) is 0.211. The molecule has 0 unspecified atom stereocenters. The topological polar surface area (TPSA) is 129 Å². The van der Waals surface area contributed by atoms with Crippen molar-refractivity contribution in [1.29, 1.82) is 0 Å². The third-order valence-corrected chi connectivity index (χ3v) is 3.60. The SMILES string of the molecule is CC(C)=NOC(=O)Nc1cccc(CO/N=C(/c2ccccc2)c2nnnn2C)n1. The third-order valence-electron chi connectivity index (χ3n) is 3.60. The summed E-state index contributed by atoms with van der Waals surface area (Å²) in [5.74, 6) is 0.758. The summed E-state index contributed by atoms with van der Waals surface area (Å²) >= 11 is 0. The number of carbonyl (C=O) groups is 1. The number of carbonyl (C=O) groups excluding carboxylic acids is 1. The van der Waals surface area contributed by atoms with E-state index in [0.29, 0.717) is 28.8 Å². The fourth-order valence-electron chi connectivity index (χ4n) is 2.30. The van der Waals surface area contributed by atoms with E-state index in [-0.39, 0.29) is 6.61 Å². The normalized spacial score (nSPS) is 11.0. The molecule has 0 aliphatic carbocycles. The van der Waals surface area contributed by atoms with Crippen LogP contribution in [0.2, 0.25) is 0 Å². The minimum absolute atomic E-state index is 0.0679. The van der Waals surface area contributed by atoms with Crippen LogP contribution in [0.4, 0.5) is 10.6 Å². The Labute approximate surface area is 172 Å². The average Bonchev–Trinajstić information content (AvgIpc) is 3.16. The Hall–Kier alpha value is -4.15. The lowest BCUT2D eigenvalue weighted by molar-refractivity contribution is 0.128. The Morgan fingerprint density at radius 2 is 1.90 bits per heavy atom. The molecule has 1 aromatic carbocycles. The molecule has 11 heteroatoms. The van der Waals surface area contributed by atoms with Gasteiger partial charge in [-0.3, -0.25) is 10.2 Å². The maximum atomic E-state index is 11.7. The number of hydrogen-bond donors (Lipinski definition) is 1. The average molecular weight is 408 g/mol. The highest BCUT2D eigenvalue weighted by Gasteiger charge is 2.15. The van der Waals surface area contributed by atoms with Crippen LogP contribution in [-0.2, 0) is 23.3 Å². The minimum atomic E-state index is -0.735. The smallest absolute Gasteiger partial charge is 0.389 e. The van der Waals surface area contributed by atoms with Crippen molar-refractivity contribution >= 4 is 23.3 Å². The number of hydrogen-bond acceptors (Lipinski definition) is 9. The molecule has 1 N–H and O–H groups in total. The number of nitrogens with one attached hydrogen (secondary N) is 1. The van der Waals surface area contributed by atoms with Gasteiger partial charge < -0.3 is 4.84 Å². The molecule has 1 amide bonds. The first-order valence-corrected chi connectivity index (χ1v) is 8.96. The van der Waals surface area contributed by atoms with Crippen LogP contribution >= 0.6 is 0 Å². The first kappa shape index (κ1) is 20.6. The van der Waals surface area contributed by atoms with Gasteiger partial charge in [0.1, 0.15) is 5.82 Å². The summed E-state index contributed by atoms with van der Waals surface area (Å²) in [6, 6.07) is 14.5. The van der Waals surface area contributed by atoms with E-state index in [1.165, 1.54) is 4.68 Å². The lowest BCUT2D eigenvalue weighted by atomic mass is 10.1. The van der Waals surface area contributed by atoms with E-state index in [4.69, 9.17) is 4.84 Å². The highest BCUT2D eigenvalue weighted by molar-refractivity contribution is 6.10. The second-order valence-electron chi connectivity index (χ2n) is 6.26. The number of oxime groups is 2. The lowest BCUT2D eigenvalue weighted by Gasteiger charge is -2.07. The molecule has 0 saturated heterocycles. The number of pyridine rings is 1. The van der Waals surface area contributed by atoms with Crippen LogP contribution in [0.15, 0.2) is 58.8 Å². The molecule has 0 bridgehead atoms. The second-order valence-corrected chi connectivity index (χ2v) is 6.26. The molecule has 11 nitrogen and oxygen atoms in total. The molecule has 0 atom stereocenters. The Morgan fingerprint density at radius 3 is 2.60 bits per heavy atom. The van der Waals surface area contributed by atoms with Crippen LogP contribution in [0.25, 0.3) is 0 Å². The van der Waals surface area contributed by atoms with Crippen molar-refractivity contribution in [3.05, 3.63) is 65.6 Å². The van der Waals surface area contributed by atoms with Crippen LogP contribution in [0.3, 0.4) is 0 Å². The Bertz CT molecular complexity index is 1060. The Morgan fingerprint density at radius 1 is 1.10 bits per heavy atom. The van der Waals surface area contributed by atoms with Gasteiger partial charge in [0.2, 0.25) is 5.82 Å². The van der Waals surface area contributed by atoms with Crippen molar-refractivity contribution in [1.82, 2.24) is 25.2 Å². The van der Waals surface area contributed by atoms with E-state index in [0.717, 1.165) is 5.56 Å². The van der Waals surface area contributed by atoms with Crippen LogP contribution < -0.4 is 5.32 Å². The fourth-order valence-corrected chi connectivity index (χ4v) is 2.30. The quantitative estimate of drug-likeness (QED) is 0.361. The zero-order valence-electron chi connectivity index (χ0n) is 16.7. The van der Waals surface area contributed by atoms with E-state index < -0.39 is 6.09 Å². The molecular weight excluding hydrogens is 388 g/mol. The van der Waals surface area contributed by atoms with Gasteiger partial charge in [-0.1, -0.05) is 46.7 Å². The van der Waals surface area contributed by atoms with Crippen molar-refractivity contribution in [2.75, 3.05) is 5.32 Å². The van der Waals surface area contributed by atoms with Crippen molar-refractivity contribution < 1.29 is 14.5 Å². The molecule has 0 spiro atoms. The molecule has 3 aromatic rings. The summed E-state index contributed by atoms with van der Waals surface area (Å²) < 4.78 is 1.50. The molecule has 0 aliphatic heterocycles. The zero-order valence-corrected chi connectivity index (χ0v) is 16.7. The zero-order chi connectivity index (χ0) is 21.3. The molecule has 0 aliphatic rings. The van der Waals surface area contributed by atoms with E-state index in [1.807, 2.05) is 30.3 Å². The van der Waals surface area contributed by atoms with Gasteiger partial charge in [-0.25, -0.2) is 14.5 Å². The van der Waals surface area contributed by atoms with Gasteiger partial charge in [0.25, 0.3) is 0 Å². The number of rotatable bonds is 7. The van der Waals surface area contributed by atoms with Crippen molar-refractivity contribution in [3.63, 3.8) is 0 Å². The van der Waals surface area contributed by atoms with Gasteiger partial charge in [0.05, 0.1) is 11.4 Å². The number of nitrogens with zero attached hydrogens (tertiary/aromatic N) is 7.